The molecule has 0 atom stereocenters. The highest BCUT2D eigenvalue weighted by Gasteiger charge is 2.30. The van der Waals surface area contributed by atoms with Crippen LogP contribution in [0.25, 0.3) is 0 Å². The Morgan fingerprint density at radius 2 is 1.33 bits per heavy atom. The van der Waals surface area contributed by atoms with Crippen molar-refractivity contribution < 1.29 is 18.0 Å². The Morgan fingerprint density at radius 3 is 1.92 bits per heavy atom. The Balaban J connectivity index is 2.48. The first-order valence-electron chi connectivity index (χ1n) is 7.16. The molecule has 2 rings (SSSR count). The standard InChI is InChI=1S/C17H18N2O4S/c1-18(2)17(21)14-11-7-8-12-15(14)24(22,23)19(3)16(20)13-9-5-4-6-10-13/h4-12H,1-3H3. The van der Waals surface area contributed by atoms with Gasteiger partial charge in [-0.25, -0.2) is 12.7 Å². The van der Waals surface area contributed by atoms with Crippen LogP contribution in [0.1, 0.15) is 20.7 Å². The number of carbonyl (C=O) groups excluding carboxylic acids is 2. The van der Waals surface area contributed by atoms with Gasteiger partial charge in [0.1, 0.15) is 4.90 Å². The van der Waals surface area contributed by atoms with Crippen molar-refractivity contribution in [1.82, 2.24) is 9.21 Å². The summed E-state index contributed by atoms with van der Waals surface area (Å²) < 4.78 is 26.3. The maximum atomic E-state index is 12.8. The summed E-state index contributed by atoms with van der Waals surface area (Å²) in [5, 5.41) is 0. The molecule has 0 bridgehead atoms. The first-order chi connectivity index (χ1) is 11.3. The van der Waals surface area contributed by atoms with Crippen LogP contribution in [-0.2, 0) is 10.0 Å². The molecule has 0 aliphatic heterocycles. The summed E-state index contributed by atoms with van der Waals surface area (Å²) in [7, 11) is 0.0875. The lowest BCUT2D eigenvalue weighted by molar-refractivity contribution is 0.0820. The van der Waals surface area contributed by atoms with Crippen molar-refractivity contribution in [3.63, 3.8) is 0 Å². The molecule has 2 amide bonds. The monoisotopic (exact) mass is 346 g/mol. The average Bonchev–Trinajstić information content (AvgIpc) is 2.60. The van der Waals surface area contributed by atoms with E-state index in [0.717, 1.165) is 0 Å². The minimum absolute atomic E-state index is 0.0233. The molecule has 0 unspecified atom stereocenters. The highest BCUT2D eigenvalue weighted by molar-refractivity contribution is 7.89. The molecule has 0 fully saturated rings. The third-order valence-corrected chi connectivity index (χ3v) is 5.27. The molecule has 126 valence electrons. The highest BCUT2D eigenvalue weighted by atomic mass is 32.2. The fourth-order valence-electron chi connectivity index (χ4n) is 2.13. The topological polar surface area (TPSA) is 74.8 Å². The van der Waals surface area contributed by atoms with E-state index in [-0.39, 0.29) is 16.0 Å². The molecule has 0 aliphatic carbocycles. The second-order valence-corrected chi connectivity index (χ2v) is 7.28. The summed E-state index contributed by atoms with van der Waals surface area (Å²) in [6.45, 7) is 0. The first-order valence-corrected chi connectivity index (χ1v) is 8.60. The Kier molecular flexibility index (Phi) is 5.04. The number of hydrogen-bond donors (Lipinski definition) is 0. The Bertz CT molecular complexity index is 861. The van der Waals surface area contributed by atoms with E-state index in [1.165, 1.54) is 56.4 Å². The molecule has 2 aromatic rings. The fraction of sp³-hybridized carbons (Fsp3) is 0.176. The van der Waals surface area contributed by atoms with Gasteiger partial charge in [-0.05, 0) is 24.3 Å². The van der Waals surface area contributed by atoms with Gasteiger partial charge in [-0.1, -0.05) is 30.3 Å². The van der Waals surface area contributed by atoms with E-state index in [2.05, 4.69) is 0 Å². The van der Waals surface area contributed by atoms with Crippen LogP contribution in [0.4, 0.5) is 0 Å². The van der Waals surface area contributed by atoms with E-state index < -0.39 is 21.8 Å². The van der Waals surface area contributed by atoms with Crippen LogP contribution >= 0.6 is 0 Å². The van der Waals surface area contributed by atoms with Gasteiger partial charge in [0.05, 0.1) is 5.56 Å². The van der Waals surface area contributed by atoms with Crippen LogP contribution in [-0.4, -0.2) is 50.6 Å². The second kappa shape index (κ2) is 6.84. The zero-order valence-electron chi connectivity index (χ0n) is 13.6. The third-order valence-electron chi connectivity index (χ3n) is 3.47. The van der Waals surface area contributed by atoms with Crippen molar-refractivity contribution in [3.8, 4) is 0 Å². The van der Waals surface area contributed by atoms with Crippen LogP contribution in [0.3, 0.4) is 0 Å². The van der Waals surface area contributed by atoms with Gasteiger partial charge in [-0.15, -0.1) is 0 Å². The molecule has 24 heavy (non-hydrogen) atoms. The molecule has 0 aliphatic rings. The zero-order chi connectivity index (χ0) is 17.9. The van der Waals surface area contributed by atoms with Crippen molar-refractivity contribution in [2.45, 2.75) is 4.90 Å². The molecule has 0 saturated heterocycles. The number of benzene rings is 2. The fourth-order valence-corrected chi connectivity index (χ4v) is 3.43. The molecule has 0 aromatic heterocycles. The van der Waals surface area contributed by atoms with Gasteiger partial charge in [0.15, 0.2) is 0 Å². The van der Waals surface area contributed by atoms with Gasteiger partial charge in [-0.2, -0.15) is 0 Å². The predicted octanol–water partition coefficient (Wildman–Crippen LogP) is 1.85. The van der Waals surface area contributed by atoms with Gasteiger partial charge >= 0.3 is 0 Å². The van der Waals surface area contributed by atoms with Crippen LogP contribution in [0.15, 0.2) is 59.5 Å². The van der Waals surface area contributed by atoms with E-state index in [1.54, 1.807) is 24.3 Å². The van der Waals surface area contributed by atoms with Gasteiger partial charge in [0.25, 0.3) is 21.8 Å². The molecular formula is C17H18N2O4S. The third kappa shape index (κ3) is 3.30. The van der Waals surface area contributed by atoms with Crippen LogP contribution in [0, 0.1) is 0 Å². The molecule has 6 nitrogen and oxygen atoms in total. The van der Waals surface area contributed by atoms with Crippen LogP contribution in [0.2, 0.25) is 0 Å². The summed E-state index contributed by atoms with van der Waals surface area (Å²) in [5.41, 5.74) is 0.273. The molecule has 2 aromatic carbocycles. The largest absolute Gasteiger partial charge is 0.345 e. The average molecular weight is 346 g/mol. The Labute approximate surface area is 141 Å². The minimum atomic E-state index is -4.16. The van der Waals surface area contributed by atoms with Crippen molar-refractivity contribution in [2.75, 3.05) is 21.1 Å². The normalized spacial score (nSPS) is 11.0. The summed E-state index contributed by atoms with van der Waals surface area (Å²) in [4.78, 5) is 25.7. The lowest BCUT2D eigenvalue weighted by Crippen LogP contribution is -2.35. The van der Waals surface area contributed by atoms with Gasteiger partial charge in [-0.3, -0.25) is 9.59 Å². The van der Waals surface area contributed by atoms with Crippen molar-refractivity contribution in [3.05, 3.63) is 65.7 Å². The quantitative estimate of drug-likeness (QED) is 0.847. The van der Waals surface area contributed by atoms with Crippen molar-refractivity contribution >= 4 is 21.8 Å². The van der Waals surface area contributed by atoms with Gasteiger partial charge in [0.2, 0.25) is 0 Å². The van der Waals surface area contributed by atoms with E-state index in [9.17, 15) is 18.0 Å². The smallest absolute Gasteiger partial charge is 0.267 e. The van der Waals surface area contributed by atoms with Crippen molar-refractivity contribution in [2.24, 2.45) is 0 Å². The molecule has 0 heterocycles. The molecule has 0 saturated carbocycles. The van der Waals surface area contributed by atoms with Crippen molar-refractivity contribution in [1.29, 1.82) is 0 Å². The number of hydrogen-bond acceptors (Lipinski definition) is 4. The lowest BCUT2D eigenvalue weighted by Gasteiger charge is -2.20. The molecule has 0 radical (unpaired) electrons. The Morgan fingerprint density at radius 1 is 0.792 bits per heavy atom. The van der Waals surface area contributed by atoms with Gasteiger partial charge in [0, 0.05) is 26.7 Å². The minimum Gasteiger partial charge on any atom is -0.345 e. The number of carbonyl (C=O) groups is 2. The van der Waals surface area contributed by atoms with E-state index in [1.807, 2.05) is 0 Å². The number of sulfonamides is 1. The van der Waals surface area contributed by atoms with Gasteiger partial charge < -0.3 is 4.90 Å². The number of amides is 2. The molecule has 0 N–H and O–H groups in total. The zero-order valence-corrected chi connectivity index (χ0v) is 14.4. The van der Waals surface area contributed by atoms with Crippen LogP contribution < -0.4 is 0 Å². The van der Waals surface area contributed by atoms with E-state index >= 15 is 0 Å². The SMILES string of the molecule is CN(C)C(=O)c1ccccc1S(=O)(=O)N(C)C(=O)c1ccccc1. The number of rotatable bonds is 4. The second-order valence-electron chi connectivity index (χ2n) is 5.34. The summed E-state index contributed by atoms with van der Waals surface area (Å²) in [6.07, 6.45) is 0. The number of nitrogens with zero attached hydrogens (tertiary/aromatic N) is 2. The predicted molar refractivity (Wildman–Crippen MR) is 90.2 cm³/mol. The first kappa shape index (κ1) is 17.7. The van der Waals surface area contributed by atoms with E-state index in [4.69, 9.17) is 0 Å². The molecular weight excluding hydrogens is 328 g/mol. The summed E-state index contributed by atoms with van der Waals surface area (Å²) in [5.74, 6) is -1.11. The maximum absolute atomic E-state index is 12.8. The van der Waals surface area contributed by atoms with E-state index in [0.29, 0.717) is 4.31 Å². The summed E-state index contributed by atoms with van der Waals surface area (Å²) >= 11 is 0. The Hall–Kier alpha value is -2.67. The highest BCUT2D eigenvalue weighted by Crippen LogP contribution is 2.21. The molecule has 7 heteroatoms. The maximum Gasteiger partial charge on any atom is 0.267 e. The lowest BCUT2D eigenvalue weighted by atomic mass is 10.2. The molecule has 0 spiro atoms. The summed E-state index contributed by atoms with van der Waals surface area (Å²) in [6, 6.07) is 13.9. The van der Waals surface area contributed by atoms with Crippen LogP contribution in [0.5, 0.6) is 0 Å².